The molecule has 0 bridgehead atoms. The van der Waals surface area contributed by atoms with E-state index in [4.69, 9.17) is 39.6 Å². The average molecular weight is 571 g/mol. The zero-order chi connectivity index (χ0) is 27.6. The van der Waals surface area contributed by atoms with Crippen molar-refractivity contribution in [1.82, 2.24) is 9.55 Å². The Morgan fingerprint density at radius 2 is 1.62 bits per heavy atom. The molecule has 0 saturated heterocycles. The van der Waals surface area contributed by atoms with Crippen LogP contribution in [0, 0.1) is 0 Å². The molecule has 0 fully saturated rings. The quantitative estimate of drug-likeness (QED) is 0.158. The van der Waals surface area contributed by atoms with Gasteiger partial charge in [-0.15, -0.1) is 0 Å². The number of nitrogens with zero attached hydrogens (tertiary/aromatic N) is 1. The lowest BCUT2D eigenvalue weighted by Gasteiger charge is -2.21. The van der Waals surface area contributed by atoms with Crippen molar-refractivity contribution in [2.24, 2.45) is 0 Å². The van der Waals surface area contributed by atoms with Crippen LogP contribution in [0.3, 0.4) is 0 Å². The number of H-pyrrole nitrogens is 1. The number of aromatic amines is 1. The first-order valence-corrected chi connectivity index (χ1v) is 13.0. The summed E-state index contributed by atoms with van der Waals surface area (Å²) in [5, 5.41) is -0.177. The Labute approximate surface area is 216 Å². The minimum absolute atomic E-state index is 0.00599. The monoisotopic (exact) mass is 570 g/mol. The van der Waals surface area contributed by atoms with Crippen molar-refractivity contribution in [3.8, 4) is 0 Å². The van der Waals surface area contributed by atoms with Gasteiger partial charge in [0.1, 0.15) is 5.02 Å². The Morgan fingerprint density at radius 3 is 2.16 bits per heavy atom. The van der Waals surface area contributed by atoms with Crippen molar-refractivity contribution in [2.75, 3.05) is 19.9 Å². The summed E-state index contributed by atoms with van der Waals surface area (Å²) in [6, 6.07) is 0. The first-order chi connectivity index (χ1) is 17.4. The maximum atomic E-state index is 13.1. The van der Waals surface area contributed by atoms with Gasteiger partial charge < -0.3 is 28.4 Å². The predicted molar refractivity (Wildman–Crippen MR) is 125 cm³/mol. The fourth-order valence-electron chi connectivity index (χ4n) is 2.53. The number of hydrogen-bond acceptors (Lipinski definition) is 13. The Balaban J connectivity index is 1.92. The van der Waals surface area contributed by atoms with Crippen LogP contribution in [-0.2, 0) is 48.6 Å². The van der Waals surface area contributed by atoms with Gasteiger partial charge in [0, 0.05) is 6.20 Å². The molecular weight excluding hydrogens is 543 g/mol. The fraction of sp³-hybridized carbons (Fsp3) is 0.600. The molecule has 15 nitrogen and oxygen atoms in total. The zero-order valence-corrected chi connectivity index (χ0v) is 22.1. The first kappa shape index (κ1) is 30.5. The molecule has 208 valence electrons. The highest BCUT2D eigenvalue weighted by molar-refractivity contribution is 7.53. The van der Waals surface area contributed by atoms with Crippen molar-refractivity contribution in [3.05, 3.63) is 44.2 Å². The van der Waals surface area contributed by atoms with Gasteiger partial charge in [-0.3, -0.25) is 28.0 Å². The van der Waals surface area contributed by atoms with Gasteiger partial charge >= 0.3 is 25.6 Å². The zero-order valence-electron chi connectivity index (χ0n) is 20.4. The molecule has 2 rings (SSSR count). The Hall–Kier alpha value is -2.68. The lowest BCUT2D eigenvalue weighted by molar-refractivity contribution is -0.114. The third-order valence-electron chi connectivity index (χ3n) is 4.05. The predicted octanol–water partition coefficient (Wildman–Crippen LogP) is 2.71. The van der Waals surface area contributed by atoms with Gasteiger partial charge in [-0.2, -0.15) is 0 Å². The van der Waals surface area contributed by atoms with Crippen LogP contribution in [0.5, 0.6) is 0 Å². The minimum atomic E-state index is -4.17. The van der Waals surface area contributed by atoms with Crippen LogP contribution in [0.15, 0.2) is 27.9 Å². The number of aromatic nitrogens is 2. The first-order valence-electron chi connectivity index (χ1n) is 10.9. The maximum Gasteiger partial charge on any atom is 0.510 e. The molecule has 2 heterocycles. The van der Waals surface area contributed by atoms with Crippen LogP contribution in [0.1, 0.15) is 27.7 Å². The van der Waals surface area contributed by atoms with Crippen LogP contribution in [0.25, 0.3) is 0 Å². The lowest BCUT2D eigenvalue weighted by Crippen LogP contribution is -2.33. The molecule has 1 aromatic heterocycles. The molecule has 0 saturated carbocycles. The third-order valence-corrected chi connectivity index (χ3v) is 5.78. The molecule has 1 aliphatic rings. The van der Waals surface area contributed by atoms with E-state index in [-0.39, 0.29) is 11.6 Å². The van der Waals surface area contributed by atoms with Gasteiger partial charge in [-0.1, -0.05) is 17.7 Å². The number of carbonyl (C=O) groups is 2. The molecule has 0 radical (unpaired) electrons. The number of rotatable bonds is 13. The second kappa shape index (κ2) is 14.3. The average Bonchev–Trinajstić information content (AvgIpc) is 3.22. The van der Waals surface area contributed by atoms with E-state index < -0.39 is 75.7 Å². The van der Waals surface area contributed by atoms with Gasteiger partial charge in [-0.05, 0) is 33.8 Å². The summed E-state index contributed by atoms with van der Waals surface area (Å²) >= 11 is 5.75. The summed E-state index contributed by atoms with van der Waals surface area (Å²) in [7, 11) is -4.17. The van der Waals surface area contributed by atoms with E-state index in [1.54, 1.807) is 33.8 Å². The molecule has 0 aliphatic carbocycles. The topological polar surface area (TPSA) is 180 Å². The van der Waals surface area contributed by atoms with E-state index in [1.165, 1.54) is 12.3 Å². The molecule has 0 unspecified atom stereocenters. The van der Waals surface area contributed by atoms with E-state index in [1.807, 2.05) is 0 Å². The van der Waals surface area contributed by atoms with Crippen molar-refractivity contribution in [2.45, 2.75) is 58.8 Å². The van der Waals surface area contributed by atoms with Crippen molar-refractivity contribution in [1.29, 1.82) is 0 Å². The molecule has 1 aliphatic heterocycles. The van der Waals surface area contributed by atoms with E-state index in [0.29, 0.717) is 0 Å². The number of halogens is 1. The van der Waals surface area contributed by atoms with Crippen LogP contribution >= 0.6 is 19.2 Å². The van der Waals surface area contributed by atoms with Crippen LogP contribution < -0.4 is 11.2 Å². The summed E-state index contributed by atoms with van der Waals surface area (Å²) in [5.74, 6) is 0. The standard InChI is InChI=1S/C20H28ClN2O13P/c1-12(2)34-19(26)29-9-32-37(28,33-10-30-20(27)35-13(3)4)11-31-16-6-5-14(36-16)7-23-8-15(21)17(24)22-18(23)25/h5-6,8,12-14,16H,7,9-11H2,1-4H3,(H,22,24,25)/t14-,16+/m1/s1. The summed E-state index contributed by atoms with van der Waals surface area (Å²) in [4.78, 5) is 48.4. The van der Waals surface area contributed by atoms with Gasteiger partial charge in [0.15, 0.2) is 12.6 Å². The molecule has 17 heteroatoms. The highest BCUT2D eigenvalue weighted by atomic mass is 35.5. The third kappa shape index (κ3) is 11.1. The molecule has 0 aromatic carbocycles. The molecular formula is C20H28ClN2O13P. The van der Waals surface area contributed by atoms with Crippen LogP contribution in [0.2, 0.25) is 5.02 Å². The van der Waals surface area contributed by atoms with Crippen molar-refractivity contribution < 1.29 is 51.6 Å². The highest BCUT2D eigenvalue weighted by Crippen LogP contribution is 2.48. The maximum absolute atomic E-state index is 13.1. The molecule has 0 spiro atoms. The van der Waals surface area contributed by atoms with Crippen molar-refractivity contribution in [3.63, 3.8) is 0 Å². The van der Waals surface area contributed by atoms with Gasteiger partial charge in [0.05, 0.1) is 24.9 Å². The Bertz CT molecular complexity index is 1080. The normalized spacial score (nSPS) is 17.3. The summed E-state index contributed by atoms with van der Waals surface area (Å²) in [5.41, 5.74) is -1.40. The second-order valence-corrected chi connectivity index (χ2v) is 10.2. The SMILES string of the molecule is CC(C)OC(=O)OCOP(=O)(CO[C@@H]1C=C[C@H](Cn2cc(Cl)c(=O)[nH]c2=O)O1)OCOC(=O)OC(C)C. The summed E-state index contributed by atoms with van der Waals surface area (Å²) in [6.07, 6.45) is -1.24. The Kier molecular flexibility index (Phi) is 11.8. The highest BCUT2D eigenvalue weighted by Gasteiger charge is 2.31. The van der Waals surface area contributed by atoms with E-state index in [2.05, 4.69) is 14.5 Å². The van der Waals surface area contributed by atoms with Crippen molar-refractivity contribution >= 4 is 31.5 Å². The summed E-state index contributed by atoms with van der Waals surface area (Å²) in [6.45, 7) is 4.76. The van der Waals surface area contributed by atoms with E-state index >= 15 is 0 Å². The molecule has 1 aromatic rings. The molecule has 2 atom stereocenters. The second-order valence-electron chi connectivity index (χ2n) is 7.84. The lowest BCUT2D eigenvalue weighted by atomic mass is 10.3. The number of ether oxygens (including phenoxy) is 6. The Morgan fingerprint density at radius 1 is 1.05 bits per heavy atom. The van der Waals surface area contributed by atoms with Gasteiger partial charge in [0.2, 0.25) is 13.6 Å². The minimum Gasteiger partial charge on any atom is -0.432 e. The number of hydrogen-bond donors (Lipinski definition) is 1. The molecule has 0 amide bonds. The smallest absolute Gasteiger partial charge is 0.432 e. The fourth-order valence-corrected chi connectivity index (χ4v) is 3.67. The van der Waals surface area contributed by atoms with Crippen LogP contribution in [0.4, 0.5) is 9.59 Å². The molecule has 1 N–H and O–H groups in total. The number of carbonyl (C=O) groups excluding carboxylic acids is 2. The van der Waals surface area contributed by atoms with E-state index in [9.17, 15) is 23.7 Å². The van der Waals surface area contributed by atoms with Gasteiger partial charge in [0.25, 0.3) is 5.56 Å². The molecule has 37 heavy (non-hydrogen) atoms. The van der Waals surface area contributed by atoms with Gasteiger partial charge in [-0.25, -0.2) is 14.4 Å². The van der Waals surface area contributed by atoms with Crippen LogP contribution in [-0.4, -0.2) is 66.4 Å². The number of nitrogens with one attached hydrogen (secondary N) is 1. The largest absolute Gasteiger partial charge is 0.510 e. The van der Waals surface area contributed by atoms with E-state index in [0.717, 1.165) is 4.57 Å². The summed E-state index contributed by atoms with van der Waals surface area (Å²) < 4.78 is 54.2.